The Bertz CT molecular complexity index is 950. The average Bonchev–Trinajstić information content (AvgIpc) is 2.99. The summed E-state index contributed by atoms with van der Waals surface area (Å²) in [6.07, 6.45) is 0.849. The third kappa shape index (κ3) is 2.82. The second-order valence-corrected chi connectivity index (χ2v) is 6.47. The first kappa shape index (κ1) is 16.3. The Morgan fingerprint density at radius 3 is 2.58 bits per heavy atom. The van der Waals surface area contributed by atoms with Crippen LogP contribution in [0.3, 0.4) is 0 Å². The van der Waals surface area contributed by atoms with Crippen LogP contribution in [0.15, 0.2) is 31.9 Å². The molecule has 2 heterocycles. The van der Waals surface area contributed by atoms with Crippen molar-refractivity contribution >= 4 is 11.0 Å². The van der Waals surface area contributed by atoms with Gasteiger partial charge >= 0.3 is 5.63 Å². The number of hydrogen-bond acceptors (Lipinski definition) is 5. The first-order valence-electron chi connectivity index (χ1n) is 7.98. The third-order valence-corrected chi connectivity index (χ3v) is 4.19. The Hall–Kier alpha value is -2.56. The van der Waals surface area contributed by atoms with Gasteiger partial charge in [-0.05, 0) is 43.9 Å². The molecule has 0 unspecified atom stereocenters. The molecule has 3 rings (SSSR count). The van der Waals surface area contributed by atoms with Gasteiger partial charge in [0.05, 0.1) is 18.2 Å². The number of aromatic nitrogens is 1. The largest absolute Gasteiger partial charge is 0.496 e. The zero-order valence-electron chi connectivity index (χ0n) is 14.6. The van der Waals surface area contributed by atoms with Gasteiger partial charge in [0.1, 0.15) is 11.3 Å². The molecule has 2 aromatic heterocycles. The lowest BCUT2D eigenvalue weighted by molar-refractivity contribution is 0.413. The highest BCUT2D eigenvalue weighted by Gasteiger charge is 2.16. The second-order valence-electron chi connectivity index (χ2n) is 6.47. The normalized spacial score (nSPS) is 11.4. The summed E-state index contributed by atoms with van der Waals surface area (Å²) in [6, 6.07) is 5.60. The highest BCUT2D eigenvalue weighted by atomic mass is 16.5. The Kier molecular flexibility index (Phi) is 4.18. The van der Waals surface area contributed by atoms with E-state index in [0.717, 1.165) is 28.6 Å². The summed E-state index contributed by atoms with van der Waals surface area (Å²) in [6.45, 7) is 7.91. The lowest BCUT2D eigenvalue weighted by Crippen LogP contribution is -2.06. The molecule has 0 atom stereocenters. The van der Waals surface area contributed by atoms with Crippen molar-refractivity contribution in [2.75, 3.05) is 7.11 Å². The predicted octanol–water partition coefficient (Wildman–Crippen LogP) is 4.27. The molecule has 3 aromatic rings. The van der Waals surface area contributed by atoms with Crippen molar-refractivity contribution in [3.05, 3.63) is 45.4 Å². The first-order valence-corrected chi connectivity index (χ1v) is 7.98. The van der Waals surface area contributed by atoms with Gasteiger partial charge in [0.15, 0.2) is 5.76 Å². The summed E-state index contributed by atoms with van der Waals surface area (Å²) >= 11 is 0. The van der Waals surface area contributed by atoms with Gasteiger partial charge in [0, 0.05) is 17.2 Å². The van der Waals surface area contributed by atoms with E-state index in [-0.39, 0.29) is 5.63 Å². The smallest absolute Gasteiger partial charge is 0.339 e. The van der Waals surface area contributed by atoms with Crippen molar-refractivity contribution in [2.45, 2.75) is 34.1 Å². The summed E-state index contributed by atoms with van der Waals surface area (Å²) in [5, 5.41) is 4.92. The molecule has 0 fully saturated rings. The monoisotopic (exact) mass is 327 g/mol. The molecule has 0 aliphatic heterocycles. The maximum absolute atomic E-state index is 12.0. The summed E-state index contributed by atoms with van der Waals surface area (Å²) in [5.74, 6) is 1.78. The van der Waals surface area contributed by atoms with E-state index in [1.165, 1.54) is 0 Å². The summed E-state index contributed by atoms with van der Waals surface area (Å²) in [4.78, 5) is 12.0. The molecule has 5 nitrogen and oxygen atoms in total. The number of benzene rings is 1. The van der Waals surface area contributed by atoms with Crippen molar-refractivity contribution < 1.29 is 13.7 Å². The van der Waals surface area contributed by atoms with Crippen molar-refractivity contribution in [1.29, 1.82) is 0 Å². The Labute approximate surface area is 140 Å². The lowest BCUT2D eigenvalue weighted by Gasteiger charge is -2.10. The van der Waals surface area contributed by atoms with E-state index in [2.05, 4.69) is 19.0 Å². The van der Waals surface area contributed by atoms with Crippen LogP contribution in [0.4, 0.5) is 0 Å². The molecule has 0 saturated heterocycles. The predicted molar refractivity (Wildman–Crippen MR) is 92.5 cm³/mol. The standard InChI is InChI=1S/C19H21NO4/c1-10(2)6-14-9-15(24-20-14)13-7-16(22-5)18-11(3)12(4)19(21)23-17(18)8-13/h7-10H,6H2,1-5H3. The number of nitrogens with zero attached hydrogens (tertiary/aromatic N) is 1. The van der Waals surface area contributed by atoms with Gasteiger partial charge in [0.25, 0.3) is 0 Å². The van der Waals surface area contributed by atoms with E-state index < -0.39 is 0 Å². The zero-order chi connectivity index (χ0) is 17.4. The molecule has 0 saturated carbocycles. The van der Waals surface area contributed by atoms with Gasteiger partial charge in [-0.2, -0.15) is 0 Å². The number of ether oxygens (including phenoxy) is 1. The minimum atomic E-state index is -0.336. The first-order chi connectivity index (χ1) is 11.4. The molecule has 0 aliphatic carbocycles. The lowest BCUT2D eigenvalue weighted by atomic mass is 10.0. The quantitative estimate of drug-likeness (QED) is 0.669. The molecule has 0 amide bonds. The third-order valence-electron chi connectivity index (χ3n) is 4.19. The fraction of sp³-hybridized carbons (Fsp3) is 0.368. The van der Waals surface area contributed by atoms with Crippen LogP contribution >= 0.6 is 0 Å². The molecule has 0 aliphatic rings. The molecule has 0 N–H and O–H groups in total. The Balaban J connectivity index is 2.18. The summed E-state index contributed by atoms with van der Waals surface area (Å²) in [7, 11) is 1.60. The van der Waals surface area contributed by atoms with E-state index in [4.69, 9.17) is 13.7 Å². The van der Waals surface area contributed by atoms with E-state index in [1.807, 2.05) is 19.1 Å². The van der Waals surface area contributed by atoms with Gasteiger partial charge in [-0.25, -0.2) is 4.79 Å². The fourth-order valence-corrected chi connectivity index (χ4v) is 2.82. The molecule has 1 aromatic carbocycles. The number of fused-ring (bicyclic) bond motifs is 1. The number of methoxy groups -OCH3 is 1. The maximum atomic E-state index is 12.0. The van der Waals surface area contributed by atoms with Crippen LogP contribution in [0, 0.1) is 19.8 Å². The summed E-state index contributed by atoms with van der Waals surface area (Å²) < 4.78 is 16.4. The molecule has 0 bridgehead atoms. The minimum Gasteiger partial charge on any atom is -0.496 e. The van der Waals surface area contributed by atoms with Crippen molar-refractivity contribution in [3.63, 3.8) is 0 Å². The molecule has 0 radical (unpaired) electrons. The van der Waals surface area contributed by atoms with Crippen molar-refractivity contribution in [2.24, 2.45) is 5.92 Å². The van der Waals surface area contributed by atoms with Crippen LogP contribution in [0.2, 0.25) is 0 Å². The topological polar surface area (TPSA) is 65.5 Å². The minimum absolute atomic E-state index is 0.336. The Morgan fingerprint density at radius 1 is 1.17 bits per heavy atom. The van der Waals surface area contributed by atoms with Gasteiger partial charge in [0.2, 0.25) is 0 Å². The van der Waals surface area contributed by atoms with E-state index in [9.17, 15) is 4.79 Å². The maximum Gasteiger partial charge on any atom is 0.339 e. The number of hydrogen-bond donors (Lipinski definition) is 0. The molecule has 0 spiro atoms. The van der Waals surface area contributed by atoms with Crippen LogP contribution in [-0.2, 0) is 6.42 Å². The zero-order valence-corrected chi connectivity index (χ0v) is 14.6. The van der Waals surface area contributed by atoms with Crippen molar-refractivity contribution in [1.82, 2.24) is 5.16 Å². The van der Waals surface area contributed by atoms with Crippen LogP contribution in [0.1, 0.15) is 30.7 Å². The van der Waals surface area contributed by atoms with Crippen LogP contribution in [0.5, 0.6) is 5.75 Å². The SMILES string of the molecule is COc1cc(-c2cc(CC(C)C)no2)cc2oc(=O)c(C)c(C)c12. The van der Waals surface area contributed by atoms with Gasteiger partial charge < -0.3 is 13.7 Å². The molecule has 5 heteroatoms. The second kappa shape index (κ2) is 6.15. The van der Waals surface area contributed by atoms with Crippen LogP contribution in [-0.4, -0.2) is 12.3 Å². The van der Waals surface area contributed by atoms with Crippen LogP contribution in [0.25, 0.3) is 22.3 Å². The van der Waals surface area contributed by atoms with E-state index in [0.29, 0.717) is 28.6 Å². The highest BCUT2D eigenvalue weighted by Crippen LogP contribution is 2.35. The van der Waals surface area contributed by atoms with Crippen molar-refractivity contribution in [3.8, 4) is 17.1 Å². The molecular formula is C19H21NO4. The van der Waals surface area contributed by atoms with Gasteiger partial charge in [-0.15, -0.1) is 0 Å². The van der Waals surface area contributed by atoms with E-state index >= 15 is 0 Å². The highest BCUT2D eigenvalue weighted by molar-refractivity contribution is 5.91. The summed E-state index contributed by atoms with van der Waals surface area (Å²) in [5.41, 5.74) is 3.28. The fourth-order valence-electron chi connectivity index (χ4n) is 2.82. The molecular weight excluding hydrogens is 306 g/mol. The molecule has 126 valence electrons. The van der Waals surface area contributed by atoms with Gasteiger partial charge in [-0.3, -0.25) is 0 Å². The average molecular weight is 327 g/mol. The Morgan fingerprint density at radius 2 is 1.92 bits per heavy atom. The van der Waals surface area contributed by atoms with E-state index in [1.54, 1.807) is 20.1 Å². The van der Waals surface area contributed by atoms with Gasteiger partial charge in [-0.1, -0.05) is 19.0 Å². The number of rotatable bonds is 4. The number of aryl methyl sites for hydroxylation is 1. The van der Waals surface area contributed by atoms with Crippen LogP contribution < -0.4 is 10.4 Å². The molecule has 24 heavy (non-hydrogen) atoms.